The first-order valence-electron chi connectivity index (χ1n) is 13.8. The Balaban J connectivity index is 1.55. The van der Waals surface area contributed by atoms with Gasteiger partial charge in [-0.25, -0.2) is 0 Å². The zero-order valence-electron chi connectivity index (χ0n) is 22.6. The van der Waals surface area contributed by atoms with Crippen molar-refractivity contribution in [2.75, 3.05) is 0 Å². The van der Waals surface area contributed by atoms with Crippen LogP contribution in [-0.4, -0.2) is 33.1 Å². The number of allylic oxidation sites excluding steroid dienone is 1. The summed E-state index contributed by atoms with van der Waals surface area (Å²) in [5, 5.41) is 31.3. The molecule has 0 amide bonds. The number of fused-ring (bicyclic) bond motifs is 5. The van der Waals surface area contributed by atoms with Gasteiger partial charge >= 0.3 is 0 Å². The van der Waals surface area contributed by atoms with Crippen LogP contribution in [0.1, 0.15) is 113 Å². The van der Waals surface area contributed by atoms with E-state index in [1.54, 1.807) is 13.8 Å². The highest BCUT2D eigenvalue weighted by Crippen LogP contribution is 2.75. The third kappa shape index (κ3) is 3.70. The van der Waals surface area contributed by atoms with Gasteiger partial charge in [0.1, 0.15) is 0 Å². The molecule has 4 fully saturated rings. The smallest absolute Gasteiger partial charge is 0.0849 e. The predicted octanol–water partition coefficient (Wildman–Crippen LogP) is 6.50. The van der Waals surface area contributed by atoms with E-state index < -0.39 is 11.7 Å². The van der Waals surface area contributed by atoms with Gasteiger partial charge in [0.2, 0.25) is 0 Å². The van der Waals surface area contributed by atoms with Gasteiger partial charge in [0, 0.05) is 0 Å². The monoisotopic (exact) mass is 460 g/mol. The lowest BCUT2D eigenvalue weighted by atomic mass is 9.35. The van der Waals surface area contributed by atoms with E-state index in [2.05, 4.69) is 41.2 Å². The summed E-state index contributed by atoms with van der Waals surface area (Å²) in [6.07, 6.45) is 10.3. The Labute approximate surface area is 203 Å². The molecule has 3 N–H and O–H groups in total. The average Bonchev–Trinajstić information content (AvgIpc) is 3.07. The third-order valence-electron chi connectivity index (χ3n) is 12.5. The first kappa shape index (κ1) is 25.7. The summed E-state index contributed by atoms with van der Waals surface area (Å²) in [5.41, 5.74) is 1.28. The zero-order valence-corrected chi connectivity index (χ0v) is 22.6. The topological polar surface area (TPSA) is 60.7 Å². The van der Waals surface area contributed by atoms with E-state index in [0.29, 0.717) is 40.4 Å². The van der Waals surface area contributed by atoms with Gasteiger partial charge in [0.05, 0.1) is 17.8 Å². The molecule has 0 spiro atoms. The summed E-state index contributed by atoms with van der Waals surface area (Å²) < 4.78 is 0. The van der Waals surface area contributed by atoms with Gasteiger partial charge in [-0.1, -0.05) is 46.8 Å². The highest BCUT2D eigenvalue weighted by Gasteiger charge is 2.68. The van der Waals surface area contributed by atoms with E-state index >= 15 is 0 Å². The molecule has 4 aliphatic carbocycles. The van der Waals surface area contributed by atoms with Crippen molar-refractivity contribution in [2.45, 2.75) is 130 Å². The fourth-order valence-electron chi connectivity index (χ4n) is 10.1. The van der Waals surface area contributed by atoms with Gasteiger partial charge in [-0.05, 0) is 123 Å². The molecule has 1 unspecified atom stereocenters. The fourth-order valence-corrected chi connectivity index (χ4v) is 10.1. The highest BCUT2D eigenvalue weighted by molar-refractivity contribution is 5.20. The second-order valence-corrected chi connectivity index (χ2v) is 14.6. The van der Waals surface area contributed by atoms with Crippen molar-refractivity contribution in [2.24, 2.45) is 45.3 Å². The van der Waals surface area contributed by atoms with Crippen LogP contribution in [0.15, 0.2) is 12.2 Å². The Hall–Kier alpha value is -0.380. The Morgan fingerprint density at radius 3 is 2.18 bits per heavy atom. The van der Waals surface area contributed by atoms with E-state index in [0.717, 1.165) is 18.8 Å². The van der Waals surface area contributed by atoms with Crippen LogP contribution in [0, 0.1) is 45.3 Å². The van der Waals surface area contributed by atoms with Gasteiger partial charge in [-0.2, -0.15) is 0 Å². The van der Waals surface area contributed by atoms with Gasteiger partial charge in [-0.3, -0.25) is 0 Å². The van der Waals surface area contributed by atoms with Crippen LogP contribution in [0.25, 0.3) is 0 Å². The van der Waals surface area contributed by atoms with Crippen LogP contribution in [0.3, 0.4) is 0 Å². The lowest BCUT2D eigenvalue weighted by Crippen LogP contribution is -2.63. The van der Waals surface area contributed by atoms with Crippen molar-refractivity contribution in [3.63, 3.8) is 0 Å². The molecule has 4 rings (SSSR count). The predicted molar refractivity (Wildman–Crippen MR) is 136 cm³/mol. The fraction of sp³-hybridized carbons (Fsp3) is 0.933. The molecule has 0 bridgehead atoms. The maximum atomic E-state index is 10.8. The minimum Gasteiger partial charge on any atom is -0.393 e. The molecule has 0 radical (unpaired) electrons. The van der Waals surface area contributed by atoms with Crippen LogP contribution in [-0.2, 0) is 0 Å². The molecule has 4 saturated carbocycles. The first-order valence-corrected chi connectivity index (χ1v) is 13.8. The van der Waals surface area contributed by atoms with Crippen molar-refractivity contribution in [3.8, 4) is 0 Å². The number of hydrogen-bond acceptors (Lipinski definition) is 3. The number of hydrogen-bond donors (Lipinski definition) is 3. The molecular formula is C30H52O3. The molecule has 0 aromatic rings. The van der Waals surface area contributed by atoms with E-state index in [1.807, 2.05) is 0 Å². The van der Waals surface area contributed by atoms with Crippen molar-refractivity contribution in [1.82, 2.24) is 0 Å². The molecule has 0 aliphatic heterocycles. The van der Waals surface area contributed by atoms with E-state index in [1.165, 1.54) is 50.5 Å². The normalized spacial score (nSPS) is 47.9. The van der Waals surface area contributed by atoms with Gasteiger partial charge in [0.25, 0.3) is 0 Å². The largest absolute Gasteiger partial charge is 0.393 e. The minimum absolute atomic E-state index is 0.0138. The second-order valence-electron chi connectivity index (χ2n) is 14.6. The number of rotatable bonds is 5. The summed E-state index contributed by atoms with van der Waals surface area (Å²) in [7, 11) is 0. The minimum atomic E-state index is -1.05. The van der Waals surface area contributed by atoms with Crippen LogP contribution < -0.4 is 0 Å². The Bertz CT molecular complexity index is 765. The van der Waals surface area contributed by atoms with Gasteiger partial charge in [0.15, 0.2) is 0 Å². The van der Waals surface area contributed by atoms with Gasteiger partial charge in [-0.15, -0.1) is 0 Å². The lowest BCUT2D eigenvalue weighted by Gasteiger charge is -2.69. The number of aliphatic hydroxyl groups is 3. The quantitative estimate of drug-likeness (QED) is 0.410. The molecule has 33 heavy (non-hydrogen) atoms. The van der Waals surface area contributed by atoms with Crippen molar-refractivity contribution >= 4 is 0 Å². The average molecular weight is 461 g/mol. The molecule has 4 aliphatic rings. The summed E-state index contributed by atoms with van der Waals surface area (Å²) in [5.74, 6) is 2.59. The van der Waals surface area contributed by atoms with Crippen LogP contribution in [0.5, 0.6) is 0 Å². The molecule has 3 nitrogen and oxygen atoms in total. The molecular weight excluding hydrogens is 408 g/mol. The van der Waals surface area contributed by atoms with E-state index in [-0.39, 0.29) is 11.5 Å². The lowest BCUT2D eigenvalue weighted by molar-refractivity contribution is -0.220. The second kappa shape index (κ2) is 8.07. The SMILES string of the molecule is C=C(CC[C@@H](O)C(C)(C)O)[C@H]1CC[C@]2(C)[C@@H]1CC[C@@H]1[C@@]3(C)CC[C@H](O)C(C)(C)C3CC[C@]12C. The Kier molecular flexibility index (Phi) is 6.28. The Morgan fingerprint density at radius 1 is 0.909 bits per heavy atom. The summed E-state index contributed by atoms with van der Waals surface area (Å²) >= 11 is 0. The van der Waals surface area contributed by atoms with Crippen molar-refractivity contribution < 1.29 is 15.3 Å². The maximum absolute atomic E-state index is 10.8. The Morgan fingerprint density at radius 2 is 1.55 bits per heavy atom. The van der Waals surface area contributed by atoms with E-state index in [4.69, 9.17) is 0 Å². The summed E-state index contributed by atoms with van der Waals surface area (Å²) in [6, 6.07) is 0. The number of aliphatic hydroxyl groups excluding tert-OH is 2. The van der Waals surface area contributed by atoms with E-state index in [9.17, 15) is 15.3 Å². The van der Waals surface area contributed by atoms with Crippen molar-refractivity contribution in [1.29, 1.82) is 0 Å². The van der Waals surface area contributed by atoms with Crippen LogP contribution >= 0.6 is 0 Å². The summed E-state index contributed by atoms with van der Waals surface area (Å²) in [6.45, 7) is 20.4. The molecule has 190 valence electrons. The first-order chi connectivity index (χ1) is 15.1. The van der Waals surface area contributed by atoms with Gasteiger partial charge < -0.3 is 15.3 Å². The summed E-state index contributed by atoms with van der Waals surface area (Å²) in [4.78, 5) is 0. The third-order valence-corrected chi connectivity index (χ3v) is 12.5. The maximum Gasteiger partial charge on any atom is 0.0849 e. The molecule has 0 saturated heterocycles. The standard InChI is InChI=1S/C30H52O3/c1-19(9-12-25(32)27(4,5)33)20-13-17-29(7)21(20)10-11-23-28(6)16-15-24(31)26(2,3)22(28)14-18-30(23,29)8/h20-25,31-33H,1,9-18H2,2-8H3/t20-,21-,22?,23-,24+,25-,28+,29-,30-/m1/s1. The molecule has 0 heterocycles. The molecule has 3 heteroatoms. The van der Waals surface area contributed by atoms with Crippen LogP contribution in [0.2, 0.25) is 0 Å². The van der Waals surface area contributed by atoms with Crippen LogP contribution in [0.4, 0.5) is 0 Å². The molecule has 0 aromatic heterocycles. The molecule has 9 atom stereocenters. The van der Waals surface area contributed by atoms with Crippen molar-refractivity contribution in [3.05, 3.63) is 12.2 Å². The molecule has 0 aromatic carbocycles. The zero-order chi connectivity index (χ0) is 24.6. The highest BCUT2D eigenvalue weighted by atomic mass is 16.3.